The lowest BCUT2D eigenvalue weighted by Gasteiger charge is -2.32. The van der Waals surface area contributed by atoms with E-state index in [-0.39, 0.29) is 23.8 Å². The summed E-state index contributed by atoms with van der Waals surface area (Å²) in [6.45, 7) is 5.17. The summed E-state index contributed by atoms with van der Waals surface area (Å²) in [6, 6.07) is 13.4. The maximum Gasteiger partial charge on any atom is 0.257 e. The third-order valence-corrected chi connectivity index (χ3v) is 6.03. The van der Waals surface area contributed by atoms with Gasteiger partial charge in [0.05, 0.1) is 23.6 Å². The van der Waals surface area contributed by atoms with E-state index in [1.807, 2.05) is 50.2 Å². The van der Waals surface area contributed by atoms with Crippen molar-refractivity contribution in [3.63, 3.8) is 0 Å². The van der Waals surface area contributed by atoms with Gasteiger partial charge < -0.3 is 14.6 Å². The van der Waals surface area contributed by atoms with Crippen molar-refractivity contribution >= 4 is 11.8 Å². The molecule has 6 heteroatoms. The van der Waals surface area contributed by atoms with Gasteiger partial charge in [-0.1, -0.05) is 30.3 Å². The Kier molecular flexibility index (Phi) is 6.16. The Morgan fingerprint density at radius 1 is 1.06 bits per heavy atom. The SMILES string of the molecule is Cc1ccccc1C(NC(=O)C1CCN(C(=O)c2ccoc2)CC1)c1ncccc1C. The molecule has 1 aliphatic heterocycles. The molecule has 1 fully saturated rings. The summed E-state index contributed by atoms with van der Waals surface area (Å²) in [5, 5.41) is 3.25. The maximum absolute atomic E-state index is 13.2. The smallest absolute Gasteiger partial charge is 0.257 e. The van der Waals surface area contributed by atoms with E-state index >= 15 is 0 Å². The first kappa shape index (κ1) is 20.8. The number of furan rings is 1. The predicted octanol–water partition coefficient (Wildman–Crippen LogP) is 4.05. The lowest BCUT2D eigenvalue weighted by Crippen LogP contribution is -2.44. The van der Waals surface area contributed by atoms with Crippen LogP contribution in [0.2, 0.25) is 0 Å². The third-order valence-electron chi connectivity index (χ3n) is 6.03. The zero-order valence-corrected chi connectivity index (χ0v) is 17.9. The topological polar surface area (TPSA) is 75.4 Å². The minimum atomic E-state index is -0.305. The van der Waals surface area contributed by atoms with Crippen LogP contribution in [0.4, 0.5) is 0 Å². The molecule has 0 saturated carbocycles. The van der Waals surface area contributed by atoms with Crippen molar-refractivity contribution in [1.29, 1.82) is 0 Å². The Morgan fingerprint density at radius 2 is 1.81 bits per heavy atom. The van der Waals surface area contributed by atoms with Gasteiger partial charge >= 0.3 is 0 Å². The number of pyridine rings is 1. The van der Waals surface area contributed by atoms with Gasteiger partial charge in [0.2, 0.25) is 5.91 Å². The first-order valence-corrected chi connectivity index (χ1v) is 10.6. The van der Waals surface area contributed by atoms with Gasteiger partial charge in [-0.2, -0.15) is 0 Å². The highest BCUT2D eigenvalue weighted by atomic mass is 16.3. The van der Waals surface area contributed by atoms with E-state index in [1.54, 1.807) is 17.2 Å². The average Bonchev–Trinajstić information content (AvgIpc) is 3.33. The molecule has 0 spiro atoms. The van der Waals surface area contributed by atoms with Gasteiger partial charge in [0, 0.05) is 25.2 Å². The van der Waals surface area contributed by atoms with Crippen LogP contribution in [0.5, 0.6) is 0 Å². The first-order valence-electron chi connectivity index (χ1n) is 10.6. The van der Waals surface area contributed by atoms with Gasteiger partial charge in [-0.25, -0.2) is 0 Å². The molecule has 31 heavy (non-hydrogen) atoms. The van der Waals surface area contributed by atoms with Crippen LogP contribution in [-0.4, -0.2) is 34.8 Å². The Bertz CT molecular complexity index is 1010. The lowest BCUT2D eigenvalue weighted by molar-refractivity contribution is -0.126. The number of aromatic nitrogens is 1. The Labute approximate surface area is 182 Å². The van der Waals surface area contributed by atoms with E-state index in [1.165, 1.54) is 12.5 Å². The number of carbonyl (C=O) groups is 2. The highest BCUT2D eigenvalue weighted by molar-refractivity contribution is 5.94. The van der Waals surface area contributed by atoms with E-state index in [2.05, 4.69) is 10.3 Å². The predicted molar refractivity (Wildman–Crippen MR) is 117 cm³/mol. The minimum Gasteiger partial charge on any atom is -0.472 e. The molecule has 1 aliphatic rings. The quantitative estimate of drug-likeness (QED) is 0.680. The highest BCUT2D eigenvalue weighted by Crippen LogP contribution is 2.27. The second kappa shape index (κ2) is 9.16. The molecule has 2 aromatic heterocycles. The zero-order valence-electron chi connectivity index (χ0n) is 17.9. The summed E-state index contributed by atoms with van der Waals surface area (Å²) in [5.41, 5.74) is 4.60. The van der Waals surface area contributed by atoms with Crippen molar-refractivity contribution in [2.75, 3.05) is 13.1 Å². The van der Waals surface area contributed by atoms with Crippen molar-refractivity contribution in [2.45, 2.75) is 32.7 Å². The summed E-state index contributed by atoms with van der Waals surface area (Å²) in [7, 11) is 0. The van der Waals surface area contributed by atoms with Crippen LogP contribution in [0.3, 0.4) is 0 Å². The van der Waals surface area contributed by atoms with E-state index in [4.69, 9.17) is 4.42 Å². The van der Waals surface area contributed by atoms with Crippen LogP contribution in [0.15, 0.2) is 65.6 Å². The van der Waals surface area contributed by atoms with E-state index in [9.17, 15) is 9.59 Å². The van der Waals surface area contributed by atoms with Crippen LogP contribution >= 0.6 is 0 Å². The number of hydrogen-bond acceptors (Lipinski definition) is 4. The van der Waals surface area contributed by atoms with Gasteiger partial charge in [0.25, 0.3) is 5.91 Å². The van der Waals surface area contributed by atoms with Gasteiger partial charge in [-0.05, 0) is 55.5 Å². The van der Waals surface area contributed by atoms with Crippen LogP contribution < -0.4 is 5.32 Å². The normalized spacial score (nSPS) is 15.5. The molecule has 4 rings (SSSR count). The molecule has 1 N–H and O–H groups in total. The fourth-order valence-electron chi connectivity index (χ4n) is 4.18. The number of nitrogens with zero attached hydrogens (tertiary/aromatic N) is 2. The Morgan fingerprint density at radius 3 is 2.48 bits per heavy atom. The van der Waals surface area contributed by atoms with Crippen LogP contribution in [0.1, 0.15) is 51.6 Å². The van der Waals surface area contributed by atoms with Crippen molar-refractivity contribution in [3.8, 4) is 0 Å². The fourth-order valence-corrected chi connectivity index (χ4v) is 4.18. The van der Waals surface area contributed by atoms with Crippen LogP contribution in [-0.2, 0) is 4.79 Å². The Hall–Kier alpha value is -3.41. The Balaban J connectivity index is 1.48. The molecule has 1 saturated heterocycles. The largest absolute Gasteiger partial charge is 0.472 e. The molecule has 0 radical (unpaired) electrons. The maximum atomic E-state index is 13.2. The van der Waals surface area contributed by atoms with Crippen LogP contribution in [0.25, 0.3) is 0 Å². The van der Waals surface area contributed by atoms with E-state index in [0.717, 1.165) is 22.4 Å². The minimum absolute atomic E-state index is 0.00807. The molecule has 1 atom stereocenters. The molecule has 3 heterocycles. The van der Waals surface area contributed by atoms with Crippen molar-refractivity contribution in [3.05, 3.63) is 89.1 Å². The monoisotopic (exact) mass is 417 g/mol. The number of nitrogens with one attached hydrogen (secondary N) is 1. The summed E-state index contributed by atoms with van der Waals surface area (Å²) >= 11 is 0. The molecule has 0 aliphatic carbocycles. The molecule has 0 bridgehead atoms. The second-order valence-corrected chi connectivity index (χ2v) is 8.08. The van der Waals surface area contributed by atoms with Gasteiger partial charge in [0.1, 0.15) is 6.26 Å². The standard InChI is InChI=1S/C25H27N3O3/c1-17-6-3-4-8-21(17)23(22-18(2)7-5-12-26-22)27-24(29)19-9-13-28(14-10-19)25(30)20-11-15-31-16-20/h3-8,11-12,15-16,19,23H,9-10,13-14H2,1-2H3,(H,27,29). The number of carbonyl (C=O) groups excluding carboxylic acids is 2. The van der Waals surface area contributed by atoms with Crippen molar-refractivity contribution in [1.82, 2.24) is 15.2 Å². The molecule has 1 unspecified atom stereocenters. The summed E-state index contributed by atoms with van der Waals surface area (Å²) in [4.78, 5) is 32.1. The first-order chi connectivity index (χ1) is 15.0. The summed E-state index contributed by atoms with van der Waals surface area (Å²) in [6.07, 6.45) is 6.00. The fraction of sp³-hybridized carbons (Fsp3) is 0.320. The van der Waals surface area contributed by atoms with E-state index < -0.39 is 0 Å². The second-order valence-electron chi connectivity index (χ2n) is 8.08. The number of amides is 2. The number of benzene rings is 1. The van der Waals surface area contributed by atoms with Gasteiger partial charge in [0.15, 0.2) is 0 Å². The zero-order chi connectivity index (χ0) is 21.8. The molecule has 2 amide bonds. The highest BCUT2D eigenvalue weighted by Gasteiger charge is 2.30. The number of aryl methyl sites for hydroxylation is 2. The molecule has 6 nitrogen and oxygen atoms in total. The van der Waals surface area contributed by atoms with E-state index in [0.29, 0.717) is 31.5 Å². The number of piperidine rings is 1. The molecular formula is C25H27N3O3. The molecular weight excluding hydrogens is 390 g/mol. The van der Waals surface area contributed by atoms with Crippen LogP contribution in [0, 0.1) is 19.8 Å². The van der Waals surface area contributed by atoms with Crippen molar-refractivity contribution < 1.29 is 14.0 Å². The molecule has 3 aromatic rings. The molecule has 160 valence electrons. The summed E-state index contributed by atoms with van der Waals surface area (Å²) < 4.78 is 5.02. The molecule has 1 aromatic carbocycles. The average molecular weight is 418 g/mol. The van der Waals surface area contributed by atoms with Crippen molar-refractivity contribution in [2.24, 2.45) is 5.92 Å². The lowest BCUT2D eigenvalue weighted by atomic mass is 9.92. The number of rotatable bonds is 5. The van der Waals surface area contributed by atoms with Gasteiger partial charge in [-0.3, -0.25) is 14.6 Å². The third kappa shape index (κ3) is 4.53. The number of likely N-dealkylation sites (tertiary alicyclic amines) is 1. The van der Waals surface area contributed by atoms with Gasteiger partial charge in [-0.15, -0.1) is 0 Å². The summed E-state index contributed by atoms with van der Waals surface area (Å²) in [5.74, 6) is -0.174. The number of hydrogen-bond donors (Lipinski definition) is 1.